The summed E-state index contributed by atoms with van der Waals surface area (Å²) in [5.74, 6) is 0. The molecule has 0 amide bonds. The molecule has 2 aliphatic rings. The first-order valence-corrected chi connectivity index (χ1v) is 11.8. The van der Waals surface area contributed by atoms with Crippen LogP contribution in [-0.4, -0.2) is 3.21 Å². The second kappa shape index (κ2) is 13.2. The van der Waals surface area contributed by atoms with Crippen LogP contribution in [-0.2, 0) is 30.7 Å². The van der Waals surface area contributed by atoms with Crippen molar-refractivity contribution in [2.45, 2.75) is 38.5 Å². The molecule has 1 fully saturated rings. The minimum Gasteiger partial charge on any atom is -0.179 e. The molecule has 2 aliphatic carbocycles. The standard InChI is InChI=1S/C13H9.C9H7.C6H10.2ClH.Zr/c1-3-7-12-10(5-1)9-11-6-2-4-8-13(11)12;1-2-5-9-7-3-6-8(9)4-1;1-2-4-6-5-3-1;;;/h1-5,7-8H,9H2;1-7H;1-5H2;2*1H;/q2*-1;;;;+2/p-2. The van der Waals surface area contributed by atoms with Gasteiger partial charge in [-0.15, -0.1) is 35.2 Å². The Hall–Kier alpha value is -1.40. The molecule has 1 saturated carbocycles. The second-order valence-corrected chi connectivity index (χ2v) is 9.45. The van der Waals surface area contributed by atoms with Gasteiger partial charge in [0, 0.05) is 0 Å². The Morgan fingerprint density at radius 3 is 2.19 bits per heavy atom. The third kappa shape index (κ3) is 7.05. The Morgan fingerprint density at radius 2 is 1.45 bits per heavy atom. The SMILES string of the molecule is [Cl-].[Cl-].[Zr+2]=[C]1CCCCC1.[c-]1cccc2c1Cc1ccccc1-2.c1ccc2[cH-]ccc2c1. The van der Waals surface area contributed by atoms with E-state index in [1.165, 1.54) is 65.1 Å². The quantitative estimate of drug-likeness (QED) is 0.268. The molecule has 0 nitrogen and oxygen atoms in total. The molecule has 158 valence electrons. The number of hydrogen-bond donors (Lipinski definition) is 0. The zero-order valence-electron chi connectivity index (χ0n) is 17.6. The van der Waals surface area contributed by atoms with Crippen molar-refractivity contribution in [3.8, 4) is 11.1 Å². The molecule has 6 rings (SSSR count). The largest absolute Gasteiger partial charge is 0.179 e. The molecule has 0 N–H and O–H groups in total. The number of fused-ring (bicyclic) bond motifs is 4. The van der Waals surface area contributed by atoms with E-state index in [1.54, 1.807) is 27.4 Å². The van der Waals surface area contributed by atoms with Crippen molar-refractivity contribution in [2.75, 3.05) is 0 Å². The van der Waals surface area contributed by atoms with Crippen LogP contribution in [0.15, 0.2) is 84.9 Å². The molecule has 0 heterocycles. The minimum absolute atomic E-state index is 0. The van der Waals surface area contributed by atoms with Crippen LogP contribution in [0.25, 0.3) is 21.9 Å². The van der Waals surface area contributed by atoms with Crippen LogP contribution in [0.2, 0.25) is 0 Å². The van der Waals surface area contributed by atoms with Gasteiger partial charge in [0.25, 0.3) is 0 Å². The van der Waals surface area contributed by atoms with Gasteiger partial charge in [-0.25, -0.2) is 0 Å². The first kappa shape index (κ1) is 25.9. The zero-order valence-corrected chi connectivity index (χ0v) is 21.6. The normalized spacial score (nSPS) is 13.3. The first-order valence-electron chi connectivity index (χ1n) is 10.6. The molecule has 0 radical (unpaired) electrons. The van der Waals surface area contributed by atoms with Crippen LogP contribution < -0.4 is 24.8 Å². The second-order valence-electron chi connectivity index (χ2n) is 7.72. The van der Waals surface area contributed by atoms with E-state index in [-0.39, 0.29) is 24.8 Å². The van der Waals surface area contributed by atoms with Crippen molar-refractivity contribution in [2.24, 2.45) is 0 Å². The maximum Gasteiger partial charge on any atom is -0.0253 e. The summed E-state index contributed by atoms with van der Waals surface area (Å²) in [4.78, 5) is 0. The van der Waals surface area contributed by atoms with Gasteiger partial charge in [0.05, 0.1) is 0 Å². The monoisotopic (exact) mass is 522 g/mol. The van der Waals surface area contributed by atoms with Gasteiger partial charge in [0.1, 0.15) is 0 Å². The predicted molar refractivity (Wildman–Crippen MR) is 121 cm³/mol. The van der Waals surface area contributed by atoms with E-state index in [1.807, 2.05) is 6.07 Å². The number of rotatable bonds is 0. The maximum atomic E-state index is 3.30. The number of halogens is 2. The van der Waals surface area contributed by atoms with Crippen molar-refractivity contribution in [1.82, 2.24) is 0 Å². The summed E-state index contributed by atoms with van der Waals surface area (Å²) in [7, 11) is 0. The Labute approximate surface area is 213 Å². The smallest absolute Gasteiger partial charge is 0.0253 e. The topological polar surface area (TPSA) is 0 Å². The van der Waals surface area contributed by atoms with Gasteiger partial charge in [-0.3, -0.25) is 0 Å². The van der Waals surface area contributed by atoms with E-state index in [0.29, 0.717) is 0 Å². The van der Waals surface area contributed by atoms with E-state index in [2.05, 4.69) is 84.9 Å². The van der Waals surface area contributed by atoms with Crippen LogP contribution in [0.5, 0.6) is 0 Å². The average molecular weight is 525 g/mol. The van der Waals surface area contributed by atoms with Gasteiger partial charge in [-0.05, 0) is 6.42 Å². The van der Waals surface area contributed by atoms with E-state index in [0.717, 1.165) is 6.42 Å². The van der Waals surface area contributed by atoms with E-state index in [9.17, 15) is 0 Å². The summed E-state index contributed by atoms with van der Waals surface area (Å²) in [6, 6.07) is 32.8. The van der Waals surface area contributed by atoms with Crippen LogP contribution in [0.1, 0.15) is 43.2 Å². The Bertz CT molecular complexity index is 1020. The van der Waals surface area contributed by atoms with Crippen LogP contribution in [0.3, 0.4) is 0 Å². The summed E-state index contributed by atoms with van der Waals surface area (Å²) < 4.78 is 1.80. The summed E-state index contributed by atoms with van der Waals surface area (Å²) in [6.07, 6.45) is 8.36. The number of benzene rings is 3. The molecule has 0 saturated heterocycles. The van der Waals surface area contributed by atoms with Gasteiger partial charge in [-0.1, -0.05) is 41.5 Å². The fraction of sp³-hybridized carbons (Fsp3) is 0.214. The van der Waals surface area contributed by atoms with E-state index in [4.69, 9.17) is 0 Å². The van der Waals surface area contributed by atoms with Crippen molar-refractivity contribution in [3.05, 3.63) is 102 Å². The molecular formula is C28H26Cl2Zr-2. The van der Waals surface area contributed by atoms with Crippen LogP contribution >= 0.6 is 0 Å². The third-order valence-electron chi connectivity index (χ3n) is 5.62. The molecular weight excluding hydrogens is 498 g/mol. The molecule has 0 bridgehead atoms. The molecule has 3 heteroatoms. The molecule has 4 aromatic carbocycles. The maximum absolute atomic E-state index is 3.30. The summed E-state index contributed by atoms with van der Waals surface area (Å²) in [5, 5.41) is 2.66. The third-order valence-corrected chi connectivity index (χ3v) is 6.85. The summed E-state index contributed by atoms with van der Waals surface area (Å²) in [5.41, 5.74) is 5.51. The molecule has 0 aliphatic heterocycles. The Balaban J connectivity index is 0.000000168. The van der Waals surface area contributed by atoms with Crippen molar-refractivity contribution < 1.29 is 49.0 Å². The number of hydrogen-bond acceptors (Lipinski definition) is 0. The summed E-state index contributed by atoms with van der Waals surface area (Å²) >= 11 is 1.69. The zero-order chi connectivity index (χ0) is 19.9. The fourth-order valence-corrected chi connectivity index (χ4v) is 4.92. The molecule has 4 aromatic rings. The minimum atomic E-state index is 0. The van der Waals surface area contributed by atoms with Crippen molar-refractivity contribution in [3.63, 3.8) is 0 Å². The molecule has 0 atom stereocenters. The van der Waals surface area contributed by atoms with Gasteiger partial charge >= 0.3 is 59.5 Å². The molecule has 0 spiro atoms. The van der Waals surface area contributed by atoms with Gasteiger partial charge < -0.3 is 24.8 Å². The Kier molecular flexibility index (Phi) is 11.0. The predicted octanol–water partition coefficient (Wildman–Crippen LogP) is 1.29. The molecule has 0 unspecified atom stereocenters. The van der Waals surface area contributed by atoms with Gasteiger partial charge in [0.15, 0.2) is 0 Å². The Morgan fingerprint density at radius 1 is 0.742 bits per heavy atom. The van der Waals surface area contributed by atoms with Gasteiger partial charge in [0.2, 0.25) is 0 Å². The van der Waals surface area contributed by atoms with Gasteiger partial charge in [-0.2, -0.15) is 47.3 Å². The molecule has 31 heavy (non-hydrogen) atoms. The molecule has 0 aromatic heterocycles. The van der Waals surface area contributed by atoms with E-state index >= 15 is 0 Å². The van der Waals surface area contributed by atoms with Crippen LogP contribution in [0.4, 0.5) is 0 Å². The van der Waals surface area contributed by atoms with E-state index < -0.39 is 0 Å². The summed E-state index contributed by atoms with van der Waals surface area (Å²) in [6.45, 7) is 0. The van der Waals surface area contributed by atoms with Crippen molar-refractivity contribution in [1.29, 1.82) is 0 Å². The average Bonchev–Trinajstić information content (AvgIpc) is 3.40. The fourth-order valence-electron chi connectivity index (χ4n) is 4.05. The first-order chi connectivity index (χ1) is 14.3. The van der Waals surface area contributed by atoms with Crippen molar-refractivity contribution >= 4 is 14.0 Å². The van der Waals surface area contributed by atoms with Crippen LogP contribution in [0, 0.1) is 6.07 Å².